The molecule has 3 nitrogen and oxygen atoms in total. The lowest BCUT2D eigenvalue weighted by Crippen LogP contribution is -2.03. The molecule has 0 atom stereocenters. The number of halogens is 1. The summed E-state index contributed by atoms with van der Waals surface area (Å²) in [4.78, 5) is 0. The summed E-state index contributed by atoms with van der Waals surface area (Å²) in [6.07, 6.45) is 2.98. The van der Waals surface area contributed by atoms with Crippen LogP contribution in [0.5, 0.6) is 0 Å². The van der Waals surface area contributed by atoms with E-state index in [1.54, 1.807) is 6.20 Å². The van der Waals surface area contributed by atoms with Gasteiger partial charge in [0.2, 0.25) is 5.95 Å². The molecule has 0 fully saturated rings. The number of nitrogens with two attached hydrogens (primary N) is 1. The van der Waals surface area contributed by atoms with Gasteiger partial charge in [0.15, 0.2) is 0 Å². The summed E-state index contributed by atoms with van der Waals surface area (Å²) < 4.78 is 15.3. The second kappa shape index (κ2) is 5.10. The first-order valence-corrected chi connectivity index (χ1v) is 5.72. The maximum absolute atomic E-state index is 14.0. The molecular formula is C13H16FN3. The molecule has 1 heterocycles. The van der Waals surface area contributed by atoms with Crippen LogP contribution in [0, 0.1) is 12.9 Å². The van der Waals surface area contributed by atoms with Crippen molar-refractivity contribution in [2.75, 3.05) is 6.54 Å². The predicted molar refractivity (Wildman–Crippen MR) is 65.6 cm³/mol. The summed E-state index contributed by atoms with van der Waals surface area (Å²) in [5, 5.41) is 4.07. The van der Waals surface area contributed by atoms with Crippen LogP contribution in [0.15, 0.2) is 30.5 Å². The third kappa shape index (κ3) is 2.53. The number of benzene rings is 1. The molecule has 1 aromatic heterocycles. The molecule has 17 heavy (non-hydrogen) atoms. The molecule has 0 aliphatic rings. The Morgan fingerprint density at radius 3 is 2.65 bits per heavy atom. The third-order valence-electron chi connectivity index (χ3n) is 2.71. The molecule has 0 radical (unpaired) electrons. The van der Waals surface area contributed by atoms with E-state index in [1.165, 1.54) is 4.68 Å². The summed E-state index contributed by atoms with van der Waals surface area (Å²) >= 11 is 0. The molecule has 4 heteroatoms. The number of rotatable bonds is 4. The molecule has 0 saturated carbocycles. The Kier molecular flexibility index (Phi) is 3.54. The third-order valence-corrected chi connectivity index (χ3v) is 2.71. The summed E-state index contributed by atoms with van der Waals surface area (Å²) in [7, 11) is 0. The molecule has 0 unspecified atom stereocenters. The zero-order chi connectivity index (χ0) is 12.3. The Hall–Kier alpha value is -1.68. The normalized spacial score (nSPS) is 10.8. The van der Waals surface area contributed by atoms with Crippen molar-refractivity contribution < 1.29 is 4.39 Å². The fourth-order valence-corrected chi connectivity index (χ4v) is 1.69. The van der Waals surface area contributed by atoms with Gasteiger partial charge in [-0.3, -0.25) is 0 Å². The van der Waals surface area contributed by atoms with Gasteiger partial charge in [-0.25, -0.2) is 4.68 Å². The van der Waals surface area contributed by atoms with Crippen molar-refractivity contribution in [2.24, 2.45) is 5.73 Å². The zero-order valence-corrected chi connectivity index (χ0v) is 9.86. The Labute approximate surface area is 100 Å². The number of hydrogen-bond acceptors (Lipinski definition) is 2. The zero-order valence-electron chi connectivity index (χ0n) is 9.86. The maximum Gasteiger partial charge on any atom is 0.219 e. The van der Waals surface area contributed by atoms with Crippen LogP contribution in [0.25, 0.3) is 5.69 Å². The van der Waals surface area contributed by atoms with Crippen LogP contribution in [0.2, 0.25) is 0 Å². The highest BCUT2D eigenvalue weighted by Crippen LogP contribution is 2.15. The van der Waals surface area contributed by atoms with Crippen molar-refractivity contribution in [2.45, 2.75) is 19.8 Å². The van der Waals surface area contributed by atoms with E-state index in [1.807, 2.05) is 31.2 Å². The fourth-order valence-electron chi connectivity index (χ4n) is 1.69. The Morgan fingerprint density at radius 1 is 1.29 bits per heavy atom. The van der Waals surface area contributed by atoms with E-state index in [0.717, 1.165) is 17.7 Å². The van der Waals surface area contributed by atoms with Crippen molar-refractivity contribution in [3.63, 3.8) is 0 Å². The topological polar surface area (TPSA) is 43.8 Å². The molecule has 0 amide bonds. The summed E-state index contributed by atoms with van der Waals surface area (Å²) in [5.41, 5.74) is 7.92. The minimum absolute atomic E-state index is 0.290. The van der Waals surface area contributed by atoms with E-state index in [4.69, 9.17) is 5.73 Å². The lowest BCUT2D eigenvalue weighted by Gasteiger charge is -2.03. The summed E-state index contributed by atoms with van der Waals surface area (Å²) in [5.74, 6) is -0.290. The molecule has 2 rings (SSSR count). The first-order valence-electron chi connectivity index (χ1n) is 5.72. The summed E-state index contributed by atoms with van der Waals surface area (Å²) in [6.45, 7) is 2.56. The largest absolute Gasteiger partial charge is 0.330 e. The molecule has 0 aliphatic carbocycles. The maximum atomic E-state index is 14.0. The average molecular weight is 233 g/mol. The predicted octanol–water partition coefficient (Wildman–Crippen LogP) is 2.21. The molecule has 0 spiro atoms. The molecular weight excluding hydrogens is 217 g/mol. The molecule has 0 bridgehead atoms. The van der Waals surface area contributed by atoms with Crippen molar-refractivity contribution in [3.05, 3.63) is 47.5 Å². The highest BCUT2D eigenvalue weighted by Gasteiger charge is 2.10. The minimum atomic E-state index is -0.290. The molecule has 2 N–H and O–H groups in total. The number of hydrogen-bond donors (Lipinski definition) is 1. The first kappa shape index (κ1) is 11.8. The van der Waals surface area contributed by atoms with Gasteiger partial charge in [0.25, 0.3) is 0 Å². The molecule has 90 valence electrons. The number of nitrogens with zero attached hydrogens (tertiary/aromatic N) is 2. The van der Waals surface area contributed by atoms with E-state index in [0.29, 0.717) is 18.5 Å². The lowest BCUT2D eigenvalue weighted by molar-refractivity contribution is 0.524. The van der Waals surface area contributed by atoms with Crippen LogP contribution in [0.3, 0.4) is 0 Å². The van der Waals surface area contributed by atoms with Gasteiger partial charge in [0.1, 0.15) is 0 Å². The highest BCUT2D eigenvalue weighted by molar-refractivity contribution is 5.34. The van der Waals surface area contributed by atoms with Crippen LogP contribution in [-0.4, -0.2) is 16.3 Å². The number of aromatic nitrogens is 2. The van der Waals surface area contributed by atoms with Crippen LogP contribution in [0.4, 0.5) is 4.39 Å². The van der Waals surface area contributed by atoms with Crippen molar-refractivity contribution >= 4 is 0 Å². The van der Waals surface area contributed by atoms with E-state index in [-0.39, 0.29) is 5.95 Å². The average Bonchev–Trinajstić information content (AvgIpc) is 2.69. The van der Waals surface area contributed by atoms with Gasteiger partial charge < -0.3 is 5.73 Å². The monoisotopic (exact) mass is 233 g/mol. The molecule has 0 aliphatic heterocycles. The Morgan fingerprint density at radius 2 is 2.00 bits per heavy atom. The van der Waals surface area contributed by atoms with Crippen LogP contribution >= 0.6 is 0 Å². The smallest absolute Gasteiger partial charge is 0.219 e. The molecule has 1 aromatic carbocycles. The first-order chi connectivity index (χ1) is 8.22. The SMILES string of the molecule is Cc1ccc(-n2ncc(CCCN)c2F)cc1. The van der Waals surface area contributed by atoms with Gasteiger partial charge >= 0.3 is 0 Å². The van der Waals surface area contributed by atoms with Gasteiger partial charge in [0.05, 0.1) is 11.9 Å². The second-order valence-corrected chi connectivity index (χ2v) is 4.10. The number of aryl methyl sites for hydroxylation is 2. The van der Waals surface area contributed by atoms with Gasteiger partial charge in [-0.15, -0.1) is 0 Å². The van der Waals surface area contributed by atoms with Crippen LogP contribution in [0.1, 0.15) is 17.5 Å². The van der Waals surface area contributed by atoms with E-state index in [2.05, 4.69) is 5.10 Å². The Balaban J connectivity index is 2.27. The van der Waals surface area contributed by atoms with E-state index < -0.39 is 0 Å². The van der Waals surface area contributed by atoms with E-state index in [9.17, 15) is 4.39 Å². The van der Waals surface area contributed by atoms with Crippen molar-refractivity contribution in [1.29, 1.82) is 0 Å². The standard InChI is InChI=1S/C13H16FN3/c1-10-4-6-12(7-5-10)17-13(14)11(9-16-17)3-2-8-15/h4-7,9H,2-3,8,15H2,1H3. The molecule has 2 aromatic rings. The second-order valence-electron chi connectivity index (χ2n) is 4.10. The summed E-state index contributed by atoms with van der Waals surface area (Å²) in [6, 6.07) is 7.60. The molecule has 0 saturated heterocycles. The fraction of sp³-hybridized carbons (Fsp3) is 0.308. The van der Waals surface area contributed by atoms with Gasteiger partial charge in [-0.05, 0) is 38.4 Å². The van der Waals surface area contributed by atoms with Crippen LogP contribution < -0.4 is 5.73 Å². The quantitative estimate of drug-likeness (QED) is 0.879. The van der Waals surface area contributed by atoms with Crippen molar-refractivity contribution in [1.82, 2.24) is 9.78 Å². The van der Waals surface area contributed by atoms with Gasteiger partial charge in [-0.2, -0.15) is 9.49 Å². The highest BCUT2D eigenvalue weighted by atomic mass is 19.1. The Bertz CT molecular complexity index is 488. The minimum Gasteiger partial charge on any atom is -0.330 e. The van der Waals surface area contributed by atoms with Gasteiger partial charge in [0, 0.05) is 5.56 Å². The van der Waals surface area contributed by atoms with Crippen LogP contribution in [-0.2, 0) is 6.42 Å². The van der Waals surface area contributed by atoms with E-state index >= 15 is 0 Å². The van der Waals surface area contributed by atoms with Gasteiger partial charge in [-0.1, -0.05) is 17.7 Å². The lowest BCUT2D eigenvalue weighted by atomic mass is 10.2. The van der Waals surface area contributed by atoms with Crippen molar-refractivity contribution in [3.8, 4) is 5.69 Å².